The molecule has 2 aromatic rings. The van der Waals surface area contributed by atoms with Crippen molar-refractivity contribution in [1.29, 1.82) is 0 Å². The number of fused-ring (bicyclic) bond motifs is 1. The number of rotatable bonds is 6. The standard InChI is InChI=1S/C15H22N4OS/c1-16-14-12-6-9-21-15(12)18-13(17-14)10-19(7-8-20)11-4-2-3-5-11/h6,9,11,20H,2-5,7-8,10H2,1H3,(H,16,17,18). The number of nitrogens with one attached hydrogen (secondary N) is 1. The quantitative estimate of drug-likeness (QED) is 0.858. The minimum Gasteiger partial charge on any atom is -0.395 e. The first-order valence-electron chi connectivity index (χ1n) is 7.58. The predicted octanol–water partition coefficient (Wildman–Crippen LogP) is 2.47. The Balaban J connectivity index is 1.84. The van der Waals surface area contributed by atoms with Gasteiger partial charge in [-0.3, -0.25) is 4.90 Å². The topological polar surface area (TPSA) is 61.3 Å². The van der Waals surface area contributed by atoms with Crippen LogP contribution in [0.1, 0.15) is 31.5 Å². The summed E-state index contributed by atoms with van der Waals surface area (Å²) in [7, 11) is 1.89. The average Bonchev–Trinajstić information content (AvgIpc) is 3.17. The van der Waals surface area contributed by atoms with Gasteiger partial charge in [0.05, 0.1) is 18.5 Å². The molecule has 0 aliphatic heterocycles. The highest BCUT2D eigenvalue weighted by molar-refractivity contribution is 7.16. The van der Waals surface area contributed by atoms with Gasteiger partial charge in [-0.1, -0.05) is 12.8 Å². The van der Waals surface area contributed by atoms with Crippen LogP contribution in [-0.4, -0.2) is 46.2 Å². The average molecular weight is 306 g/mol. The number of thiophene rings is 1. The maximum Gasteiger partial charge on any atom is 0.146 e. The summed E-state index contributed by atoms with van der Waals surface area (Å²) in [5.74, 6) is 1.74. The highest BCUT2D eigenvalue weighted by atomic mass is 32.1. The molecule has 0 amide bonds. The summed E-state index contributed by atoms with van der Waals surface area (Å²) in [6.07, 6.45) is 5.03. The van der Waals surface area contributed by atoms with E-state index in [1.165, 1.54) is 25.7 Å². The molecule has 21 heavy (non-hydrogen) atoms. The second kappa shape index (κ2) is 6.68. The number of anilines is 1. The monoisotopic (exact) mass is 306 g/mol. The summed E-state index contributed by atoms with van der Waals surface area (Å²) in [5.41, 5.74) is 0. The van der Waals surface area contributed by atoms with Crippen LogP contribution in [0.5, 0.6) is 0 Å². The molecule has 5 nitrogen and oxygen atoms in total. The van der Waals surface area contributed by atoms with Gasteiger partial charge in [-0.15, -0.1) is 11.3 Å². The van der Waals surface area contributed by atoms with Crippen LogP contribution in [0, 0.1) is 0 Å². The minimum absolute atomic E-state index is 0.191. The van der Waals surface area contributed by atoms with Crippen molar-refractivity contribution in [3.8, 4) is 0 Å². The second-order valence-corrected chi connectivity index (χ2v) is 6.40. The molecule has 1 aliphatic rings. The van der Waals surface area contributed by atoms with Crippen LogP contribution in [0.2, 0.25) is 0 Å². The minimum atomic E-state index is 0.191. The van der Waals surface area contributed by atoms with Crippen LogP contribution in [-0.2, 0) is 6.54 Å². The summed E-state index contributed by atoms with van der Waals surface area (Å²) >= 11 is 1.64. The number of nitrogens with zero attached hydrogens (tertiary/aromatic N) is 3. The predicted molar refractivity (Wildman–Crippen MR) is 86.7 cm³/mol. The van der Waals surface area contributed by atoms with Crippen LogP contribution in [0.25, 0.3) is 10.2 Å². The first-order chi connectivity index (χ1) is 10.3. The summed E-state index contributed by atoms with van der Waals surface area (Å²) < 4.78 is 0. The van der Waals surface area contributed by atoms with E-state index in [1.54, 1.807) is 11.3 Å². The molecule has 0 radical (unpaired) electrons. The first kappa shape index (κ1) is 14.7. The van der Waals surface area contributed by atoms with Crippen molar-refractivity contribution in [3.05, 3.63) is 17.3 Å². The molecule has 0 spiro atoms. The highest BCUT2D eigenvalue weighted by Gasteiger charge is 2.23. The normalized spacial score (nSPS) is 16.1. The van der Waals surface area contributed by atoms with E-state index in [9.17, 15) is 5.11 Å². The largest absolute Gasteiger partial charge is 0.395 e. The van der Waals surface area contributed by atoms with Gasteiger partial charge in [0, 0.05) is 19.6 Å². The fraction of sp³-hybridized carbons (Fsp3) is 0.600. The van der Waals surface area contributed by atoms with Crippen molar-refractivity contribution in [1.82, 2.24) is 14.9 Å². The lowest BCUT2D eigenvalue weighted by molar-refractivity contribution is 0.142. The molecule has 3 rings (SSSR count). The van der Waals surface area contributed by atoms with E-state index in [0.717, 1.165) is 21.9 Å². The second-order valence-electron chi connectivity index (χ2n) is 5.51. The molecule has 2 heterocycles. The van der Waals surface area contributed by atoms with E-state index in [-0.39, 0.29) is 6.61 Å². The van der Waals surface area contributed by atoms with Crippen molar-refractivity contribution >= 4 is 27.4 Å². The Hall–Kier alpha value is -1.24. The highest BCUT2D eigenvalue weighted by Crippen LogP contribution is 2.27. The Bertz CT molecular complexity index is 594. The molecule has 114 valence electrons. The fourth-order valence-corrected chi connectivity index (χ4v) is 3.91. The van der Waals surface area contributed by atoms with Gasteiger partial charge in [0.25, 0.3) is 0 Å². The number of aliphatic hydroxyl groups excluding tert-OH is 1. The van der Waals surface area contributed by atoms with Crippen LogP contribution in [0.4, 0.5) is 5.82 Å². The number of aliphatic hydroxyl groups is 1. The van der Waals surface area contributed by atoms with Crippen molar-refractivity contribution in [3.63, 3.8) is 0 Å². The molecule has 6 heteroatoms. The lowest BCUT2D eigenvalue weighted by Gasteiger charge is -2.27. The zero-order valence-electron chi connectivity index (χ0n) is 12.4. The van der Waals surface area contributed by atoms with Gasteiger partial charge in [-0.2, -0.15) is 0 Å². The molecular formula is C15H22N4OS. The zero-order chi connectivity index (χ0) is 14.7. The van der Waals surface area contributed by atoms with Gasteiger partial charge < -0.3 is 10.4 Å². The first-order valence-corrected chi connectivity index (χ1v) is 8.46. The maximum absolute atomic E-state index is 9.32. The molecule has 0 aromatic carbocycles. The van der Waals surface area contributed by atoms with Crippen molar-refractivity contribution in [2.75, 3.05) is 25.5 Å². The molecule has 1 saturated carbocycles. The summed E-state index contributed by atoms with van der Waals surface area (Å²) in [6.45, 7) is 1.61. The van der Waals surface area contributed by atoms with E-state index in [1.807, 2.05) is 12.4 Å². The molecular weight excluding hydrogens is 284 g/mol. The Kier molecular flexibility index (Phi) is 4.67. The SMILES string of the molecule is CNc1nc(CN(CCO)C2CCCC2)nc2sccc12. The third-order valence-corrected chi connectivity index (χ3v) is 4.99. The van der Waals surface area contributed by atoms with Gasteiger partial charge in [0.1, 0.15) is 16.5 Å². The Morgan fingerprint density at radius 3 is 2.90 bits per heavy atom. The Morgan fingerprint density at radius 2 is 2.19 bits per heavy atom. The molecule has 2 N–H and O–H groups in total. The Morgan fingerprint density at radius 1 is 1.38 bits per heavy atom. The van der Waals surface area contributed by atoms with Crippen LogP contribution >= 0.6 is 11.3 Å². The number of hydrogen-bond donors (Lipinski definition) is 2. The molecule has 2 aromatic heterocycles. The van der Waals surface area contributed by atoms with Crippen LogP contribution in [0.3, 0.4) is 0 Å². The zero-order valence-corrected chi connectivity index (χ0v) is 13.2. The Labute approximate surface area is 129 Å². The fourth-order valence-electron chi connectivity index (χ4n) is 3.13. The smallest absolute Gasteiger partial charge is 0.146 e. The lowest BCUT2D eigenvalue weighted by Crippen LogP contribution is -2.35. The molecule has 0 unspecified atom stereocenters. The van der Waals surface area contributed by atoms with E-state index in [2.05, 4.69) is 26.3 Å². The summed E-state index contributed by atoms with van der Waals surface area (Å²) in [5, 5.41) is 15.6. The third-order valence-electron chi connectivity index (χ3n) is 4.18. The van der Waals surface area contributed by atoms with E-state index in [4.69, 9.17) is 0 Å². The van der Waals surface area contributed by atoms with Gasteiger partial charge in [-0.05, 0) is 24.3 Å². The molecule has 0 saturated heterocycles. The van der Waals surface area contributed by atoms with Crippen molar-refractivity contribution < 1.29 is 5.11 Å². The van der Waals surface area contributed by atoms with Crippen LogP contribution < -0.4 is 5.32 Å². The van der Waals surface area contributed by atoms with Crippen molar-refractivity contribution in [2.24, 2.45) is 0 Å². The van der Waals surface area contributed by atoms with Crippen molar-refractivity contribution in [2.45, 2.75) is 38.3 Å². The van der Waals surface area contributed by atoms with Gasteiger partial charge in [0.2, 0.25) is 0 Å². The van der Waals surface area contributed by atoms with E-state index in [0.29, 0.717) is 19.1 Å². The van der Waals surface area contributed by atoms with Gasteiger partial charge >= 0.3 is 0 Å². The van der Waals surface area contributed by atoms with Gasteiger partial charge in [-0.25, -0.2) is 9.97 Å². The molecule has 0 atom stereocenters. The van der Waals surface area contributed by atoms with E-state index >= 15 is 0 Å². The van der Waals surface area contributed by atoms with Gasteiger partial charge in [0.15, 0.2) is 0 Å². The molecule has 1 aliphatic carbocycles. The number of aromatic nitrogens is 2. The summed E-state index contributed by atoms with van der Waals surface area (Å²) in [4.78, 5) is 12.7. The van der Waals surface area contributed by atoms with E-state index < -0.39 is 0 Å². The molecule has 1 fully saturated rings. The van der Waals surface area contributed by atoms with Crippen LogP contribution in [0.15, 0.2) is 11.4 Å². The third kappa shape index (κ3) is 3.17. The lowest BCUT2D eigenvalue weighted by atomic mass is 10.2. The number of hydrogen-bond acceptors (Lipinski definition) is 6. The molecule has 0 bridgehead atoms. The maximum atomic E-state index is 9.32. The summed E-state index contributed by atoms with van der Waals surface area (Å²) in [6, 6.07) is 2.62.